The molecule has 0 saturated heterocycles. The van der Waals surface area contributed by atoms with Crippen LogP contribution in [0.4, 0.5) is 16.2 Å². The third-order valence-electron chi connectivity index (χ3n) is 7.40. The van der Waals surface area contributed by atoms with E-state index in [1.807, 2.05) is 26.0 Å². The smallest absolute Gasteiger partial charge is 0.410 e. The number of ether oxygens (including phenoxy) is 1. The van der Waals surface area contributed by atoms with Gasteiger partial charge in [0.25, 0.3) is 0 Å². The molecule has 2 fully saturated rings. The molecule has 1 aliphatic heterocycles. The molecular formula is C28H35N5O4. The van der Waals surface area contributed by atoms with Crippen LogP contribution in [0.5, 0.6) is 5.75 Å². The molecule has 0 bridgehead atoms. The van der Waals surface area contributed by atoms with Crippen molar-refractivity contribution in [2.24, 2.45) is 0 Å². The lowest BCUT2D eigenvalue weighted by atomic mass is 9.95. The Morgan fingerprint density at radius 3 is 2.57 bits per heavy atom. The number of aromatic nitrogens is 1. The summed E-state index contributed by atoms with van der Waals surface area (Å²) in [5.41, 5.74) is 3.06. The van der Waals surface area contributed by atoms with E-state index in [9.17, 15) is 14.4 Å². The van der Waals surface area contributed by atoms with Gasteiger partial charge >= 0.3 is 6.09 Å². The number of amides is 3. The van der Waals surface area contributed by atoms with Gasteiger partial charge < -0.3 is 20.3 Å². The first-order valence-corrected chi connectivity index (χ1v) is 13.3. The molecule has 0 spiro atoms. The topological polar surface area (TPSA) is 104 Å². The summed E-state index contributed by atoms with van der Waals surface area (Å²) in [5, 5.41) is 6.20. The van der Waals surface area contributed by atoms with Gasteiger partial charge in [-0.05, 0) is 63.3 Å². The van der Waals surface area contributed by atoms with Gasteiger partial charge in [0.15, 0.2) is 0 Å². The number of hydrogen-bond donors (Lipinski definition) is 2. The number of nitrogens with one attached hydrogen (secondary N) is 2. The predicted octanol–water partition coefficient (Wildman–Crippen LogP) is 4.00. The Balaban J connectivity index is 1.30. The SMILES string of the molecule is Cc1ccc(C(C)NC(=O)Oc2ccc3c(c2)N(C(=O)CNC2CCCCC2)CC(=O)N3C2CC2)cn1. The minimum atomic E-state index is -0.601. The van der Waals surface area contributed by atoms with E-state index < -0.39 is 6.09 Å². The second-order valence-corrected chi connectivity index (χ2v) is 10.3. The fourth-order valence-electron chi connectivity index (χ4n) is 5.14. The van der Waals surface area contributed by atoms with E-state index in [1.54, 1.807) is 29.3 Å². The lowest BCUT2D eigenvalue weighted by molar-refractivity contribution is -0.122. The average Bonchev–Trinajstić information content (AvgIpc) is 3.73. The summed E-state index contributed by atoms with van der Waals surface area (Å²) in [6.07, 6.45) is 8.77. The molecule has 1 atom stereocenters. The standard InChI is InChI=1S/C28H35N5O4/c1-18-8-9-20(15-29-18)19(2)31-28(36)37-23-12-13-24-25(14-23)32(17-27(35)33(24)22-10-11-22)26(34)16-30-21-6-4-3-5-7-21/h8-9,12-15,19,21-22,30H,3-7,10-11,16-17H2,1-2H3,(H,31,36). The lowest BCUT2D eigenvalue weighted by Crippen LogP contribution is -2.51. The molecule has 5 rings (SSSR count). The molecule has 37 heavy (non-hydrogen) atoms. The van der Waals surface area contributed by atoms with Crippen LogP contribution in [0.3, 0.4) is 0 Å². The van der Waals surface area contributed by atoms with Crippen LogP contribution in [-0.4, -0.2) is 48.1 Å². The first-order chi connectivity index (χ1) is 17.9. The van der Waals surface area contributed by atoms with E-state index >= 15 is 0 Å². The van der Waals surface area contributed by atoms with Gasteiger partial charge in [-0.3, -0.25) is 19.5 Å². The Hall–Kier alpha value is -3.46. The number of rotatable bonds is 7. The minimum absolute atomic E-state index is 0.0121. The molecule has 2 saturated carbocycles. The first kappa shape index (κ1) is 25.2. The number of carbonyl (C=O) groups excluding carboxylic acids is 3. The van der Waals surface area contributed by atoms with Gasteiger partial charge in [-0.15, -0.1) is 0 Å². The number of hydrogen-bond acceptors (Lipinski definition) is 6. The second-order valence-electron chi connectivity index (χ2n) is 10.3. The summed E-state index contributed by atoms with van der Waals surface area (Å²) < 4.78 is 5.59. The lowest BCUT2D eigenvalue weighted by Gasteiger charge is -2.37. The van der Waals surface area contributed by atoms with Crippen LogP contribution in [0.25, 0.3) is 0 Å². The number of benzene rings is 1. The summed E-state index contributed by atoms with van der Waals surface area (Å²) in [5.74, 6) is 0.0827. The van der Waals surface area contributed by atoms with E-state index in [1.165, 1.54) is 24.2 Å². The van der Waals surface area contributed by atoms with Crippen molar-refractivity contribution in [2.75, 3.05) is 22.9 Å². The van der Waals surface area contributed by atoms with Crippen LogP contribution < -0.4 is 25.2 Å². The maximum absolute atomic E-state index is 13.3. The van der Waals surface area contributed by atoms with Crippen molar-refractivity contribution in [3.8, 4) is 5.75 Å². The van der Waals surface area contributed by atoms with Crippen LogP contribution in [0, 0.1) is 6.92 Å². The molecular weight excluding hydrogens is 470 g/mol. The summed E-state index contributed by atoms with van der Waals surface area (Å²) in [4.78, 5) is 46.5. The number of nitrogens with zero attached hydrogens (tertiary/aromatic N) is 3. The Morgan fingerprint density at radius 1 is 1.08 bits per heavy atom. The van der Waals surface area contributed by atoms with Crippen molar-refractivity contribution in [2.45, 2.75) is 76.9 Å². The van der Waals surface area contributed by atoms with E-state index in [0.29, 0.717) is 23.2 Å². The van der Waals surface area contributed by atoms with E-state index in [2.05, 4.69) is 15.6 Å². The number of anilines is 2. The van der Waals surface area contributed by atoms with E-state index in [-0.39, 0.29) is 37.0 Å². The molecule has 196 valence electrons. The summed E-state index contributed by atoms with van der Waals surface area (Å²) >= 11 is 0. The van der Waals surface area contributed by atoms with Crippen molar-refractivity contribution in [1.82, 2.24) is 15.6 Å². The Kier molecular flexibility index (Phi) is 7.41. The van der Waals surface area contributed by atoms with Gasteiger partial charge in [0.1, 0.15) is 12.3 Å². The molecule has 2 aromatic rings. The third-order valence-corrected chi connectivity index (χ3v) is 7.40. The highest BCUT2D eigenvalue weighted by Gasteiger charge is 2.40. The van der Waals surface area contributed by atoms with Crippen molar-refractivity contribution in [3.05, 3.63) is 47.8 Å². The van der Waals surface area contributed by atoms with Crippen LogP contribution in [-0.2, 0) is 9.59 Å². The van der Waals surface area contributed by atoms with Gasteiger partial charge in [-0.1, -0.05) is 25.3 Å². The molecule has 1 unspecified atom stereocenters. The van der Waals surface area contributed by atoms with Crippen molar-refractivity contribution in [1.29, 1.82) is 0 Å². The van der Waals surface area contributed by atoms with Gasteiger partial charge in [0, 0.05) is 30.0 Å². The van der Waals surface area contributed by atoms with Crippen LogP contribution in [0.15, 0.2) is 36.5 Å². The van der Waals surface area contributed by atoms with Gasteiger partial charge in [-0.2, -0.15) is 0 Å². The molecule has 9 heteroatoms. The Bertz CT molecular complexity index is 1160. The maximum Gasteiger partial charge on any atom is 0.413 e. The maximum atomic E-state index is 13.3. The predicted molar refractivity (Wildman–Crippen MR) is 141 cm³/mol. The van der Waals surface area contributed by atoms with Crippen molar-refractivity contribution in [3.63, 3.8) is 0 Å². The Morgan fingerprint density at radius 2 is 1.86 bits per heavy atom. The number of fused-ring (bicyclic) bond motifs is 1. The summed E-state index contributed by atoms with van der Waals surface area (Å²) in [6, 6.07) is 9.17. The molecule has 0 radical (unpaired) electrons. The average molecular weight is 506 g/mol. The molecule has 2 N–H and O–H groups in total. The minimum Gasteiger partial charge on any atom is -0.410 e. The van der Waals surface area contributed by atoms with E-state index in [0.717, 1.165) is 36.9 Å². The molecule has 1 aromatic heterocycles. The number of aryl methyl sites for hydroxylation is 1. The molecule has 9 nitrogen and oxygen atoms in total. The largest absolute Gasteiger partial charge is 0.413 e. The third kappa shape index (κ3) is 5.93. The van der Waals surface area contributed by atoms with Gasteiger partial charge in [-0.25, -0.2) is 4.79 Å². The van der Waals surface area contributed by atoms with Gasteiger partial charge in [0.05, 0.1) is 24.0 Å². The fraction of sp³-hybridized carbons (Fsp3) is 0.500. The molecule has 1 aromatic carbocycles. The fourth-order valence-corrected chi connectivity index (χ4v) is 5.14. The highest BCUT2D eigenvalue weighted by atomic mass is 16.6. The van der Waals surface area contributed by atoms with E-state index in [4.69, 9.17) is 4.74 Å². The van der Waals surface area contributed by atoms with Gasteiger partial charge in [0.2, 0.25) is 11.8 Å². The zero-order valence-corrected chi connectivity index (χ0v) is 21.5. The summed E-state index contributed by atoms with van der Waals surface area (Å²) in [7, 11) is 0. The molecule has 2 heterocycles. The van der Waals surface area contributed by atoms with Crippen LogP contribution in [0.1, 0.15) is 69.2 Å². The molecule has 3 amide bonds. The van der Waals surface area contributed by atoms with Crippen LogP contribution >= 0.6 is 0 Å². The second kappa shape index (κ2) is 10.9. The first-order valence-electron chi connectivity index (χ1n) is 13.3. The normalized spacial score (nSPS) is 18.8. The molecule has 3 aliphatic rings. The highest BCUT2D eigenvalue weighted by molar-refractivity contribution is 6.12. The Labute approximate surface area is 217 Å². The zero-order valence-electron chi connectivity index (χ0n) is 21.5. The van der Waals surface area contributed by atoms with Crippen LogP contribution in [0.2, 0.25) is 0 Å². The quantitative estimate of drug-likeness (QED) is 0.590. The summed E-state index contributed by atoms with van der Waals surface area (Å²) in [6.45, 7) is 3.93. The molecule has 2 aliphatic carbocycles. The number of pyridine rings is 1. The monoisotopic (exact) mass is 505 g/mol. The highest BCUT2D eigenvalue weighted by Crippen LogP contribution is 2.42. The zero-order chi connectivity index (χ0) is 25.9. The van der Waals surface area contributed by atoms with Crippen molar-refractivity contribution < 1.29 is 19.1 Å². The number of carbonyl (C=O) groups is 3. The van der Waals surface area contributed by atoms with Crippen molar-refractivity contribution >= 4 is 29.3 Å².